The normalized spacial score (nSPS) is 11.8. The standard InChI is InChI=1S/C29H17BrClF4N3O2/c30-22-12-17(13-23(31)26(22)40-16-19-6-1-3-10-24(19)32)15-36-38-27(18-7-5-8-20(14-18)29(33,34)35)37-25-11-4-2-9-21(25)28(38)39/h1-15H,16H2. The van der Waals surface area contributed by atoms with E-state index >= 15 is 0 Å². The van der Waals surface area contributed by atoms with Crippen molar-refractivity contribution < 1.29 is 22.3 Å². The molecular formula is C29H17BrClF4N3O2. The zero-order chi connectivity index (χ0) is 28.4. The number of para-hydroxylation sites is 1. The van der Waals surface area contributed by atoms with Gasteiger partial charge in [0.2, 0.25) is 0 Å². The van der Waals surface area contributed by atoms with Crippen LogP contribution in [0.1, 0.15) is 16.7 Å². The molecule has 0 aliphatic rings. The smallest absolute Gasteiger partial charge is 0.416 e. The molecule has 0 atom stereocenters. The van der Waals surface area contributed by atoms with Gasteiger partial charge in [0.15, 0.2) is 11.6 Å². The van der Waals surface area contributed by atoms with Crippen LogP contribution in [0.5, 0.6) is 5.75 Å². The van der Waals surface area contributed by atoms with Crippen LogP contribution in [-0.4, -0.2) is 15.9 Å². The Balaban J connectivity index is 1.54. The van der Waals surface area contributed by atoms with Crippen molar-refractivity contribution in [2.45, 2.75) is 12.8 Å². The van der Waals surface area contributed by atoms with E-state index in [-0.39, 0.29) is 34.2 Å². The fourth-order valence-electron chi connectivity index (χ4n) is 3.93. The molecular weight excluding hydrogens is 614 g/mol. The summed E-state index contributed by atoms with van der Waals surface area (Å²) in [5, 5.41) is 4.71. The Kier molecular flexibility index (Phi) is 7.73. The van der Waals surface area contributed by atoms with Gasteiger partial charge < -0.3 is 4.74 Å². The van der Waals surface area contributed by atoms with Crippen LogP contribution >= 0.6 is 27.5 Å². The van der Waals surface area contributed by atoms with Crippen molar-refractivity contribution in [3.63, 3.8) is 0 Å². The number of hydrogen-bond donors (Lipinski definition) is 0. The summed E-state index contributed by atoms with van der Waals surface area (Å²) in [7, 11) is 0. The van der Waals surface area contributed by atoms with Gasteiger partial charge in [-0.1, -0.05) is 54.1 Å². The third kappa shape index (κ3) is 5.78. The average Bonchev–Trinajstić information content (AvgIpc) is 2.92. The third-order valence-electron chi connectivity index (χ3n) is 5.87. The molecule has 0 aliphatic carbocycles. The molecule has 5 aromatic rings. The first-order valence-electron chi connectivity index (χ1n) is 11.7. The van der Waals surface area contributed by atoms with Crippen molar-refractivity contribution in [3.8, 4) is 17.1 Å². The zero-order valence-corrected chi connectivity index (χ0v) is 22.6. The Morgan fingerprint density at radius 2 is 1.75 bits per heavy atom. The number of aromatic nitrogens is 2. The molecule has 0 radical (unpaired) electrons. The Morgan fingerprint density at radius 3 is 2.50 bits per heavy atom. The fourth-order valence-corrected chi connectivity index (χ4v) is 4.92. The van der Waals surface area contributed by atoms with Gasteiger partial charge >= 0.3 is 6.18 Å². The molecule has 11 heteroatoms. The van der Waals surface area contributed by atoms with E-state index in [2.05, 4.69) is 26.0 Å². The first kappa shape index (κ1) is 27.5. The number of ether oxygens (including phenoxy) is 1. The van der Waals surface area contributed by atoms with Crippen LogP contribution in [-0.2, 0) is 12.8 Å². The SMILES string of the molecule is O=c1c2ccccc2nc(-c2cccc(C(F)(F)F)c2)n1N=Cc1cc(Cl)c(OCc2ccccc2F)c(Br)c1. The lowest BCUT2D eigenvalue weighted by Gasteiger charge is -2.13. The number of halogens is 6. The molecule has 5 nitrogen and oxygen atoms in total. The number of rotatable bonds is 6. The van der Waals surface area contributed by atoms with Crippen molar-refractivity contribution in [3.05, 3.63) is 127 Å². The van der Waals surface area contributed by atoms with E-state index in [4.69, 9.17) is 16.3 Å². The lowest BCUT2D eigenvalue weighted by molar-refractivity contribution is -0.137. The molecule has 0 amide bonds. The predicted octanol–water partition coefficient (Wildman–Crippen LogP) is 8.10. The summed E-state index contributed by atoms with van der Waals surface area (Å²) in [6, 6.07) is 20.3. The molecule has 0 aliphatic heterocycles. The van der Waals surface area contributed by atoms with Gasteiger partial charge in [0.25, 0.3) is 5.56 Å². The minimum atomic E-state index is -4.58. The van der Waals surface area contributed by atoms with Crippen LogP contribution < -0.4 is 10.3 Å². The maximum absolute atomic E-state index is 14.0. The van der Waals surface area contributed by atoms with Gasteiger partial charge in [-0.3, -0.25) is 4.79 Å². The van der Waals surface area contributed by atoms with Gasteiger partial charge in [-0.15, -0.1) is 0 Å². The summed E-state index contributed by atoms with van der Waals surface area (Å²) >= 11 is 9.81. The third-order valence-corrected chi connectivity index (χ3v) is 6.74. The number of benzene rings is 4. The molecule has 1 heterocycles. The monoisotopic (exact) mass is 629 g/mol. The summed E-state index contributed by atoms with van der Waals surface area (Å²) in [6.07, 6.45) is -3.26. The summed E-state index contributed by atoms with van der Waals surface area (Å²) in [6.45, 7) is -0.0586. The highest BCUT2D eigenvalue weighted by Crippen LogP contribution is 2.35. The minimum absolute atomic E-state index is 0.0586. The van der Waals surface area contributed by atoms with Gasteiger partial charge in [-0.25, -0.2) is 9.37 Å². The zero-order valence-electron chi connectivity index (χ0n) is 20.3. The summed E-state index contributed by atoms with van der Waals surface area (Å²) in [5.74, 6) is -0.207. The van der Waals surface area contributed by atoms with E-state index in [0.717, 1.165) is 16.8 Å². The number of alkyl halides is 3. The maximum Gasteiger partial charge on any atom is 0.416 e. The largest absolute Gasteiger partial charge is 0.486 e. The second-order valence-corrected chi connectivity index (χ2v) is 9.85. The number of hydrogen-bond acceptors (Lipinski definition) is 4. The van der Waals surface area contributed by atoms with Crippen molar-refractivity contribution in [2.24, 2.45) is 5.10 Å². The lowest BCUT2D eigenvalue weighted by Crippen LogP contribution is -2.20. The first-order chi connectivity index (χ1) is 19.1. The predicted molar refractivity (Wildman–Crippen MR) is 149 cm³/mol. The van der Waals surface area contributed by atoms with E-state index in [1.54, 1.807) is 48.5 Å². The molecule has 0 N–H and O–H groups in total. The molecule has 202 valence electrons. The number of fused-ring (bicyclic) bond motifs is 1. The summed E-state index contributed by atoms with van der Waals surface area (Å²) in [5.41, 5.74) is -0.278. The highest BCUT2D eigenvalue weighted by atomic mass is 79.9. The van der Waals surface area contributed by atoms with Crippen LogP contribution in [0.15, 0.2) is 99.3 Å². The Bertz CT molecular complexity index is 1800. The van der Waals surface area contributed by atoms with Crippen LogP contribution in [0.4, 0.5) is 17.6 Å². The molecule has 1 aromatic heterocycles. The highest BCUT2D eigenvalue weighted by molar-refractivity contribution is 9.10. The molecule has 0 fully saturated rings. The molecule has 0 spiro atoms. The average molecular weight is 631 g/mol. The van der Waals surface area contributed by atoms with Crippen LogP contribution in [0.3, 0.4) is 0 Å². The minimum Gasteiger partial charge on any atom is -0.486 e. The number of nitrogens with zero attached hydrogens (tertiary/aromatic N) is 3. The molecule has 4 aromatic carbocycles. The second kappa shape index (κ2) is 11.2. The van der Waals surface area contributed by atoms with E-state index in [0.29, 0.717) is 21.1 Å². The first-order valence-corrected chi connectivity index (χ1v) is 12.9. The van der Waals surface area contributed by atoms with Crippen molar-refractivity contribution >= 4 is 44.6 Å². The fraction of sp³-hybridized carbons (Fsp3) is 0.0690. The van der Waals surface area contributed by atoms with E-state index in [1.165, 1.54) is 30.5 Å². The Labute approximate surface area is 238 Å². The molecule has 40 heavy (non-hydrogen) atoms. The molecule has 0 saturated heterocycles. The topological polar surface area (TPSA) is 56.5 Å². The lowest BCUT2D eigenvalue weighted by atomic mass is 10.1. The van der Waals surface area contributed by atoms with Crippen LogP contribution in [0.2, 0.25) is 5.02 Å². The second-order valence-electron chi connectivity index (χ2n) is 8.59. The van der Waals surface area contributed by atoms with Crippen molar-refractivity contribution in [1.29, 1.82) is 0 Å². The summed E-state index contributed by atoms with van der Waals surface area (Å²) in [4.78, 5) is 17.8. The van der Waals surface area contributed by atoms with E-state index in [9.17, 15) is 22.4 Å². The van der Waals surface area contributed by atoms with Gasteiger partial charge in [0.1, 0.15) is 12.4 Å². The van der Waals surface area contributed by atoms with E-state index < -0.39 is 23.1 Å². The van der Waals surface area contributed by atoms with Crippen molar-refractivity contribution in [2.75, 3.05) is 0 Å². The highest BCUT2D eigenvalue weighted by Gasteiger charge is 2.31. The van der Waals surface area contributed by atoms with Crippen LogP contribution in [0, 0.1) is 5.82 Å². The molecule has 0 saturated carbocycles. The van der Waals surface area contributed by atoms with Gasteiger partial charge in [-0.2, -0.15) is 22.9 Å². The molecule has 0 bridgehead atoms. The Hall–Kier alpha value is -4.02. The van der Waals surface area contributed by atoms with Gasteiger partial charge in [0, 0.05) is 11.1 Å². The summed E-state index contributed by atoms with van der Waals surface area (Å²) < 4.78 is 61.3. The van der Waals surface area contributed by atoms with Gasteiger partial charge in [-0.05, 0) is 64.0 Å². The molecule has 5 rings (SSSR count). The molecule has 0 unspecified atom stereocenters. The van der Waals surface area contributed by atoms with Crippen molar-refractivity contribution in [1.82, 2.24) is 9.66 Å². The van der Waals surface area contributed by atoms with Crippen LogP contribution in [0.25, 0.3) is 22.3 Å². The Morgan fingerprint density at radius 1 is 1.00 bits per heavy atom. The van der Waals surface area contributed by atoms with Gasteiger partial charge in [0.05, 0.1) is 32.2 Å². The maximum atomic E-state index is 14.0. The quantitative estimate of drug-likeness (QED) is 0.141. The van der Waals surface area contributed by atoms with E-state index in [1.807, 2.05) is 0 Å².